The molecule has 2 unspecified atom stereocenters. The number of ether oxygens (including phenoxy) is 1. The molecule has 0 bridgehead atoms. The first-order chi connectivity index (χ1) is 10.3. The van der Waals surface area contributed by atoms with Crippen LogP contribution in [0.4, 0.5) is 0 Å². The summed E-state index contributed by atoms with van der Waals surface area (Å²) in [5.74, 6) is 0.658. The zero-order chi connectivity index (χ0) is 14.2. The summed E-state index contributed by atoms with van der Waals surface area (Å²) in [6, 6.07) is 8.81. The van der Waals surface area contributed by atoms with E-state index in [1.165, 1.54) is 15.6 Å². The van der Waals surface area contributed by atoms with Gasteiger partial charge < -0.3 is 15.4 Å². The van der Waals surface area contributed by atoms with E-state index in [9.17, 15) is 0 Å². The van der Waals surface area contributed by atoms with Gasteiger partial charge in [-0.3, -0.25) is 4.99 Å². The van der Waals surface area contributed by atoms with Crippen molar-refractivity contribution in [2.24, 2.45) is 10.7 Å². The topological polar surface area (TPSA) is 50.8 Å². The molecular weight excluding hydrogens is 282 g/mol. The Morgan fingerprint density at radius 1 is 1.38 bits per heavy atom. The maximum atomic E-state index is 6.12. The van der Waals surface area contributed by atoms with Gasteiger partial charge in [0.05, 0.1) is 18.7 Å². The Balaban J connectivity index is 1.63. The Kier molecular flexibility index (Phi) is 3.31. The van der Waals surface area contributed by atoms with E-state index in [1.807, 2.05) is 0 Å². The van der Waals surface area contributed by atoms with Crippen LogP contribution in [0.3, 0.4) is 0 Å². The molecule has 4 rings (SSSR count). The number of fused-ring (bicyclic) bond motifs is 1. The minimum Gasteiger partial charge on any atom is -0.376 e. The van der Waals surface area contributed by atoms with Crippen LogP contribution in [-0.4, -0.2) is 36.7 Å². The number of guanidine groups is 1. The number of nitrogens with zero attached hydrogens (tertiary/aromatic N) is 2. The Bertz CT molecular complexity index is 675. The highest BCUT2D eigenvalue weighted by molar-refractivity contribution is 7.17. The molecule has 110 valence electrons. The Hall–Kier alpha value is -1.59. The van der Waals surface area contributed by atoms with Gasteiger partial charge in [0.25, 0.3) is 0 Å². The molecule has 0 spiro atoms. The summed E-state index contributed by atoms with van der Waals surface area (Å²) in [4.78, 5) is 6.70. The molecule has 0 radical (unpaired) electrons. The van der Waals surface area contributed by atoms with Crippen LogP contribution in [0.1, 0.15) is 24.4 Å². The molecule has 0 amide bonds. The molecule has 2 N–H and O–H groups in total. The standard InChI is InChI=1S/C16H19N3OS/c17-16-18-8-14(19(16)9-11-4-3-7-20-11)13-10-21-15-6-2-1-5-12(13)15/h1-2,5-6,10-11,14H,3-4,7-9H2,(H2,17,18). The molecule has 1 saturated heterocycles. The van der Waals surface area contributed by atoms with Crippen molar-refractivity contribution >= 4 is 27.4 Å². The first kappa shape index (κ1) is 13.1. The molecule has 1 fully saturated rings. The molecule has 3 heterocycles. The Morgan fingerprint density at radius 2 is 2.29 bits per heavy atom. The van der Waals surface area contributed by atoms with Crippen LogP contribution >= 0.6 is 11.3 Å². The van der Waals surface area contributed by atoms with Crippen molar-refractivity contribution in [2.45, 2.75) is 25.0 Å². The van der Waals surface area contributed by atoms with E-state index in [0.29, 0.717) is 12.1 Å². The molecule has 4 nitrogen and oxygen atoms in total. The summed E-state index contributed by atoms with van der Waals surface area (Å²) in [5, 5.41) is 3.58. The lowest BCUT2D eigenvalue weighted by atomic mass is 10.0. The van der Waals surface area contributed by atoms with Gasteiger partial charge in [0.1, 0.15) is 0 Å². The predicted octanol–water partition coefficient (Wildman–Crippen LogP) is 2.75. The first-order valence-electron chi connectivity index (χ1n) is 7.47. The second-order valence-electron chi connectivity index (χ2n) is 5.69. The fraction of sp³-hybridized carbons (Fsp3) is 0.438. The van der Waals surface area contributed by atoms with Gasteiger partial charge in [-0.25, -0.2) is 0 Å². The summed E-state index contributed by atoms with van der Waals surface area (Å²) < 4.78 is 7.10. The van der Waals surface area contributed by atoms with Crippen LogP contribution in [0, 0.1) is 0 Å². The summed E-state index contributed by atoms with van der Waals surface area (Å²) in [7, 11) is 0. The average Bonchev–Trinajstić information content (AvgIpc) is 3.21. The lowest BCUT2D eigenvalue weighted by molar-refractivity contribution is 0.0854. The van der Waals surface area contributed by atoms with E-state index in [-0.39, 0.29) is 6.04 Å². The number of benzene rings is 1. The Morgan fingerprint density at radius 3 is 3.14 bits per heavy atom. The van der Waals surface area contributed by atoms with Crippen molar-refractivity contribution in [2.75, 3.05) is 19.7 Å². The molecule has 2 atom stereocenters. The third kappa shape index (κ3) is 2.30. The molecule has 0 saturated carbocycles. The fourth-order valence-corrected chi connectivity index (χ4v) is 4.29. The van der Waals surface area contributed by atoms with Crippen LogP contribution in [0.2, 0.25) is 0 Å². The molecule has 2 aliphatic heterocycles. The van der Waals surface area contributed by atoms with Gasteiger partial charge >= 0.3 is 0 Å². The molecule has 5 heteroatoms. The van der Waals surface area contributed by atoms with E-state index < -0.39 is 0 Å². The zero-order valence-corrected chi connectivity index (χ0v) is 12.7. The van der Waals surface area contributed by atoms with Crippen molar-refractivity contribution in [3.8, 4) is 0 Å². The summed E-state index contributed by atoms with van der Waals surface area (Å²) in [6.07, 6.45) is 2.58. The number of nitrogens with two attached hydrogens (primary N) is 1. The van der Waals surface area contributed by atoms with Crippen LogP contribution in [0.25, 0.3) is 10.1 Å². The smallest absolute Gasteiger partial charge is 0.192 e. The SMILES string of the molecule is NC1=NCC(c2csc3ccccc23)N1CC1CCCO1. The first-order valence-corrected chi connectivity index (χ1v) is 8.35. The molecule has 21 heavy (non-hydrogen) atoms. The summed E-state index contributed by atoms with van der Waals surface area (Å²) >= 11 is 1.80. The lowest BCUT2D eigenvalue weighted by Crippen LogP contribution is -2.40. The van der Waals surface area contributed by atoms with Crippen molar-refractivity contribution in [1.82, 2.24) is 4.90 Å². The predicted molar refractivity (Wildman–Crippen MR) is 86.7 cm³/mol. The second-order valence-corrected chi connectivity index (χ2v) is 6.60. The average molecular weight is 301 g/mol. The van der Waals surface area contributed by atoms with E-state index in [2.05, 4.69) is 39.5 Å². The van der Waals surface area contributed by atoms with Crippen molar-refractivity contribution in [3.05, 3.63) is 35.2 Å². The molecular formula is C16H19N3OS. The second kappa shape index (κ2) is 5.31. The van der Waals surface area contributed by atoms with Gasteiger partial charge in [0.2, 0.25) is 0 Å². The van der Waals surface area contributed by atoms with E-state index >= 15 is 0 Å². The number of hydrogen-bond donors (Lipinski definition) is 1. The number of hydrogen-bond acceptors (Lipinski definition) is 5. The highest BCUT2D eigenvalue weighted by atomic mass is 32.1. The third-order valence-corrected chi connectivity index (χ3v) is 5.37. The van der Waals surface area contributed by atoms with Gasteiger partial charge in [-0.1, -0.05) is 18.2 Å². The molecule has 1 aromatic carbocycles. The monoisotopic (exact) mass is 301 g/mol. The highest BCUT2D eigenvalue weighted by Gasteiger charge is 2.32. The van der Waals surface area contributed by atoms with Crippen LogP contribution in [0.5, 0.6) is 0 Å². The fourth-order valence-electron chi connectivity index (χ4n) is 3.28. The lowest BCUT2D eigenvalue weighted by Gasteiger charge is -2.28. The molecule has 0 aliphatic carbocycles. The minimum atomic E-state index is 0.255. The van der Waals surface area contributed by atoms with Gasteiger partial charge in [0.15, 0.2) is 5.96 Å². The van der Waals surface area contributed by atoms with Crippen molar-refractivity contribution in [3.63, 3.8) is 0 Å². The van der Waals surface area contributed by atoms with Gasteiger partial charge in [-0.05, 0) is 35.2 Å². The van der Waals surface area contributed by atoms with Gasteiger partial charge in [-0.15, -0.1) is 11.3 Å². The quantitative estimate of drug-likeness (QED) is 0.948. The number of rotatable bonds is 3. The molecule has 2 aliphatic rings. The highest BCUT2D eigenvalue weighted by Crippen LogP contribution is 2.35. The van der Waals surface area contributed by atoms with Crippen molar-refractivity contribution in [1.29, 1.82) is 0 Å². The number of aliphatic imine (C=N–C) groups is 1. The van der Waals surface area contributed by atoms with Gasteiger partial charge in [0, 0.05) is 17.9 Å². The summed E-state index contributed by atoms with van der Waals surface area (Å²) in [6.45, 7) is 2.48. The Labute approximate surface area is 128 Å². The zero-order valence-electron chi connectivity index (χ0n) is 11.9. The molecule has 2 aromatic rings. The van der Waals surface area contributed by atoms with Crippen LogP contribution in [0.15, 0.2) is 34.6 Å². The van der Waals surface area contributed by atoms with E-state index in [1.54, 1.807) is 11.3 Å². The molecule has 1 aromatic heterocycles. The maximum Gasteiger partial charge on any atom is 0.192 e. The minimum absolute atomic E-state index is 0.255. The normalized spacial score (nSPS) is 25.7. The maximum absolute atomic E-state index is 6.12. The summed E-state index contributed by atoms with van der Waals surface area (Å²) in [5.41, 5.74) is 7.47. The van der Waals surface area contributed by atoms with Crippen LogP contribution < -0.4 is 5.73 Å². The van der Waals surface area contributed by atoms with E-state index in [0.717, 1.165) is 32.5 Å². The van der Waals surface area contributed by atoms with Gasteiger partial charge in [-0.2, -0.15) is 0 Å². The van der Waals surface area contributed by atoms with E-state index in [4.69, 9.17) is 10.5 Å². The number of thiophene rings is 1. The third-order valence-electron chi connectivity index (χ3n) is 4.39. The van der Waals surface area contributed by atoms with Crippen molar-refractivity contribution < 1.29 is 4.74 Å². The van der Waals surface area contributed by atoms with Crippen LogP contribution in [-0.2, 0) is 4.74 Å². The largest absolute Gasteiger partial charge is 0.376 e.